The summed E-state index contributed by atoms with van der Waals surface area (Å²) in [5.74, 6) is 0.530. The fourth-order valence-electron chi connectivity index (χ4n) is 3.08. The summed E-state index contributed by atoms with van der Waals surface area (Å²) in [6, 6.07) is 0. The highest BCUT2D eigenvalue weighted by Gasteiger charge is 2.45. The molecule has 1 aliphatic heterocycles. The van der Waals surface area contributed by atoms with Gasteiger partial charge in [-0.25, -0.2) is 0 Å². The maximum Gasteiger partial charge on any atom is 0.0884 e. The largest absolute Gasteiger partial charge is 0.370 e. The smallest absolute Gasteiger partial charge is 0.0884 e. The maximum atomic E-state index is 6.30. The van der Waals surface area contributed by atoms with E-state index in [-0.39, 0.29) is 5.54 Å². The summed E-state index contributed by atoms with van der Waals surface area (Å²) in [4.78, 5) is 0. The van der Waals surface area contributed by atoms with Gasteiger partial charge in [0.2, 0.25) is 0 Å². The van der Waals surface area contributed by atoms with E-state index in [1.54, 1.807) is 0 Å². The lowest BCUT2D eigenvalue weighted by Crippen LogP contribution is -2.44. The van der Waals surface area contributed by atoms with E-state index in [0.29, 0.717) is 18.1 Å². The van der Waals surface area contributed by atoms with Crippen LogP contribution < -0.4 is 5.73 Å². The van der Waals surface area contributed by atoms with E-state index in [0.717, 1.165) is 0 Å². The Hall–Kier alpha value is -0.0800. The van der Waals surface area contributed by atoms with Crippen molar-refractivity contribution in [3.05, 3.63) is 0 Å². The standard InChI is InChI=1S/C17H35NO/c1-5-6-7-8-9-10-11-12-13-15(17(3,4)18)16-14(2)19-16/h14-16H,5-13,18H2,1-4H3. The summed E-state index contributed by atoms with van der Waals surface area (Å²) < 4.78 is 5.65. The van der Waals surface area contributed by atoms with Crippen LogP contribution in [0.3, 0.4) is 0 Å². The minimum absolute atomic E-state index is 0.101. The molecular weight excluding hydrogens is 234 g/mol. The average Bonchev–Trinajstić information content (AvgIpc) is 3.02. The van der Waals surface area contributed by atoms with E-state index in [1.165, 1.54) is 57.8 Å². The molecule has 0 aromatic carbocycles. The SMILES string of the molecule is CCCCCCCCCCC(C1OC1C)C(C)(C)N. The number of nitrogens with two attached hydrogens (primary N) is 1. The molecule has 0 spiro atoms. The summed E-state index contributed by atoms with van der Waals surface area (Å²) in [6.07, 6.45) is 13.1. The third-order valence-corrected chi connectivity index (χ3v) is 4.48. The Balaban J connectivity index is 2.06. The first-order chi connectivity index (χ1) is 8.96. The van der Waals surface area contributed by atoms with Crippen LogP contribution in [0.2, 0.25) is 0 Å². The molecule has 19 heavy (non-hydrogen) atoms. The fourth-order valence-corrected chi connectivity index (χ4v) is 3.08. The van der Waals surface area contributed by atoms with Crippen molar-refractivity contribution in [2.45, 2.75) is 103 Å². The lowest BCUT2D eigenvalue weighted by atomic mass is 9.81. The van der Waals surface area contributed by atoms with Gasteiger partial charge in [0.05, 0.1) is 12.2 Å². The number of ether oxygens (including phenoxy) is 1. The second-order valence-corrected chi connectivity index (χ2v) is 7.00. The monoisotopic (exact) mass is 269 g/mol. The Labute approximate surface area is 120 Å². The Morgan fingerprint density at radius 2 is 1.47 bits per heavy atom. The number of hydrogen-bond acceptors (Lipinski definition) is 2. The topological polar surface area (TPSA) is 38.5 Å². The van der Waals surface area contributed by atoms with Crippen molar-refractivity contribution in [2.75, 3.05) is 0 Å². The van der Waals surface area contributed by atoms with Gasteiger partial charge in [-0.3, -0.25) is 0 Å². The van der Waals surface area contributed by atoms with Crippen molar-refractivity contribution in [3.8, 4) is 0 Å². The summed E-state index contributed by atoms with van der Waals surface area (Å²) in [7, 11) is 0. The van der Waals surface area contributed by atoms with Crippen molar-refractivity contribution in [1.82, 2.24) is 0 Å². The van der Waals surface area contributed by atoms with Crippen molar-refractivity contribution in [1.29, 1.82) is 0 Å². The van der Waals surface area contributed by atoms with Crippen molar-refractivity contribution in [2.24, 2.45) is 11.7 Å². The van der Waals surface area contributed by atoms with Crippen LogP contribution in [0.15, 0.2) is 0 Å². The Morgan fingerprint density at radius 3 is 1.89 bits per heavy atom. The lowest BCUT2D eigenvalue weighted by molar-refractivity contribution is 0.220. The molecule has 0 radical (unpaired) electrons. The van der Waals surface area contributed by atoms with Crippen molar-refractivity contribution < 1.29 is 4.74 Å². The zero-order valence-electron chi connectivity index (χ0n) is 13.6. The predicted octanol–water partition coefficient (Wildman–Crippen LogP) is 4.66. The second kappa shape index (κ2) is 8.26. The molecule has 1 saturated heterocycles. The minimum Gasteiger partial charge on any atom is -0.370 e. The third-order valence-electron chi connectivity index (χ3n) is 4.48. The van der Waals surface area contributed by atoms with E-state index < -0.39 is 0 Å². The molecule has 0 saturated carbocycles. The Morgan fingerprint density at radius 1 is 1.00 bits per heavy atom. The van der Waals surface area contributed by atoms with E-state index in [4.69, 9.17) is 10.5 Å². The number of epoxide rings is 1. The average molecular weight is 269 g/mol. The summed E-state index contributed by atoms with van der Waals surface area (Å²) >= 11 is 0. The molecular formula is C17H35NO. The lowest BCUT2D eigenvalue weighted by Gasteiger charge is -2.29. The first kappa shape index (κ1) is 17.0. The van der Waals surface area contributed by atoms with Crippen LogP contribution in [0.1, 0.15) is 85.5 Å². The third kappa shape index (κ3) is 6.76. The molecule has 1 rings (SSSR count). The van der Waals surface area contributed by atoms with E-state index >= 15 is 0 Å². The first-order valence-electron chi connectivity index (χ1n) is 8.41. The van der Waals surface area contributed by atoms with Crippen LogP contribution in [0.25, 0.3) is 0 Å². The normalized spacial score (nSPS) is 24.5. The molecule has 114 valence electrons. The molecule has 2 heteroatoms. The van der Waals surface area contributed by atoms with Gasteiger partial charge in [-0.05, 0) is 27.2 Å². The van der Waals surface area contributed by atoms with Crippen LogP contribution in [-0.2, 0) is 4.74 Å². The molecule has 3 atom stereocenters. The fraction of sp³-hybridized carbons (Fsp3) is 1.00. The van der Waals surface area contributed by atoms with Gasteiger partial charge >= 0.3 is 0 Å². The number of hydrogen-bond donors (Lipinski definition) is 1. The van der Waals surface area contributed by atoms with Crippen molar-refractivity contribution >= 4 is 0 Å². The zero-order valence-corrected chi connectivity index (χ0v) is 13.6. The summed E-state index contributed by atoms with van der Waals surface area (Å²) in [5, 5.41) is 0. The van der Waals surface area contributed by atoms with E-state index in [9.17, 15) is 0 Å². The van der Waals surface area contributed by atoms with Gasteiger partial charge in [0.1, 0.15) is 0 Å². The van der Waals surface area contributed by atoms with E-state index in [1.807, 2.05) is 0 Å². The highest BCUT2D eigenvalue weighted by Crippen LogP contribution is 2.37. The molecule has 1 heterocycles. The minimum atomic E-state index is -0.101. The van der Waals surface area contributed by atoms with E-state index in [2.05, 4.69) is 27.7 Å². The van der Waals surface area contributed by atoms with Gasteiger partial charge in [0.15, 0.2) is 0 Å². The zero-order chi connectivity index (χ0) is 14.3. The molecule has 2 nitrogen and oxygen atoms in total. The summed E-state index contributed by atoms with van der Waals surface area (Å²) in [6.45, 7) is 8.74. The first-order valence-corrected chi connectivity index (χ1v) is 8.41. The quantitative estimate of drug-likeness (QED) is 0.438. The maximum absolute atomic E-state index is 6.30. The van der Waals surface area contributed by atoms with Gasteiger partial charge in [0, 0.05) is 11.5 Å². The molecule has 1 fully saturated rings. The highest BCUT2D eigenvalue weighted by molar-refractivity contribution is 4.96. The van der Waals surface area contributed by atoms with Gasteiger partial charge in [-0.1, -0.05) is 58.3 Å². The van der Waals surface area contributed by atoms with Crippen LogP contribution in [-0.4, -0.2) is 17.7 Å². The van der Waals surface area contributed by atoms with Crippen LogP contribution in [0.4, 0.5) is 0 Å². The molecule has 0 bridgehead atoms. The highest BCUT2D eigenvalue weighted by atomic mass is 16.6. The molecule has 2 N–H and O–H groups in total. The van der Waals surface area contributed by atoms with Crippen LogP contribution >= 0.6 is 0 Å². The molecule has 0 amide bonds. The number of rotatable bonds is 11. The molecule has 0 aromatic rings. The van der Waals surface area contributed by atoms with Gasteiger partial charge in [0.25, 0.3) is 0 Å². The van der Waals surface area contributed by atoms with Crippen LogP contribution in [0, 0.1) is 5.92 Å². The predicted molar refractivity (Wildman–Crippen MR) is 83.3 cm³/mol. The van der Waals surface area contributed by atoms with Gasteiger partial charge in [-0.15, -0.1) is 0 Å². The molecule has 0 aliphatic carbocycles. The van der Waals surface area contributed by atoms with Gasteiger partial charge in [-0.2, -0.15) is 0 Å². The molecule has 3 unspecified atom stereocenters. The van der Waals surface area contributed by atoms with Crippen molar-refractivity contribution in [3.63, 3.8) is 0 Å². The summed E-state index contributed by atoms with van der Waals surface area (Å²) in [5.41, 5.74) is 6.20. The Kier molecular flexibility index (Phi) is 7.38. The van der Waals surface area contributed by atoms with Crippen LogP contribution in [0.5, 0.6) is 0 Å². The Bertz CT molecular complexity index is 234. The second-order valence-electron chi connectivity index (χ2n) is 7.00. The molecule has 1 aliphatic rings. The van der Waals surface area contributed by atoms with Gasteiger partial charge < -0.3 is 10.5 Å². The molecule has 0 aromatic heterocycles. The number of unbranched alkanes of at least 4 members (excludes halogenated alkanes) is 7.